The molecule has 0 radical (unpaired) electrons. The van der Waals surface area contributed by atoms with Gasteiger partial charge in [0.1, 0.15) is 11.3 Å². The summed E-state index contributed by atoms with van der Waals surface area (Å²) in [5, 5.41) is 12.5. The van der Waals surface area contributed by atoms with Crippen LogP contribution in [-0.2, 0) is 16.0 Å². The fourth-order valence-corrected chi connectivity index (χ4v) is 4.02. The van der Waals surface area contributed by atoms with Gasteiger partial charge in [-0.15, -0.1) is 0 Å². The standard InChI is InChI=1S/C21H30N2O5/c1-27-17-8-6-16(7-9-17)10-13-23(15-18-5-4-14-28-18)20(26)22-21(19(24)25)11-2-3-12-21/h6-9,18H,2-5,10-15H2,1H3,(H,22,26)(H,24,25)/t18-/m1/s1. The highest BCUT2D eigenvalue weighted by molar-refractivity contribution is 5.86. The summed E-state index contributed by atoms with van der Waals surface area (Å²) in [4.78, 5) is 26.5. The van der Waals surface area contributed by atoms with Gasteiger partial charge in [-0.1, -0.05) is 25.0 Å². The van der Waals surface area contributed by atoms with Crippen molar-refractivity contribution in [2.45, 2.75) is 56.6 Å². The number of carboxylic acids is 1. The third-order valence-electron chi connectivity index (χ3n) is 5.78. The van der Waals surface area contributed by atoms with Crippen LogP contribution in [0.1, 0.15) is 44.1 Å². The number of carbonyl (C=O) groups is 2. The van der Waals surface area contributed by atoms with E-state index >= 15 is 0 Å². The van der Waals surface area contributed by atoms with E-state index < -0.39 is 11.5 Å². The number of rotatable bonds is 8. The van der Waals surface area contributed by atoms with Crippen molar-refractivity contribution in [2.75, 3.05) is 26.8 Å². The van der Waals surface area contributed by atoms with Crippen molar-refractivity contribution in [3.05, 3.63) is 29.8 Å². The van der Waals surface area contributed by atoms with Crippen LogP contribution in [0.15, 0.2) is 24.3 Å². The van der Waals surface area contributed by atoms with Gasteiger partial charge in [0, 0.05) is 19.7 Å². The summed E-state index contributed by atoms with van der Waals surface area (Å²) in [5.74, 6) is -0.145. The predicted octanol–water partition coefficient (Wildman–Crippen LogP) is 2.83. The number of amides is 2. The van der Waals surface area contributed by atoms with Crippen LogP contribution >= 0.6 is 0 Å². The van der Waals surface area contributed by atoms with Gasteiger partial charge in [0.25, 0.3) is 0 Å². The molecule has 0 aromatic heterocycles. The summed E-state index contributed by atoms with van der Waals surface area (Å²) in [6.07, 6.45) is 5.25. The van der Waals surface area contributed by atoms with Crippen molar-refractivity contribution in [3.63, 3.8) is 0 Å². The van der Waals surface area contributed by atoms with Gasteiger partial charge in [0.05, 0.1) is 13.2 Å². The Morgan fingerprint density at radius 3 is 2.54 bits per heavy atom. The Morgan fingerprint density at radius 1 is 1.25 bits per heavy atom. The molecule has 1 saturated heterocycles. The zero-order valence-electron chi connectivity index (χ0n) is 16.5. The Morgan fingerprint density at radius 2 is 1.96 bits per heavy atom. The Kier molecular flexibility index (Phi) is 6.78. The van der Waals surface area contributed by atoms with E-state index in [1.54, 1.807) is 12.0 Å². The Labute approximate surface area is 166 Å². The van der Waals surface area contributed by atoms with Crippen LogP contribution in [-0.4, -0.2) is 60.5 Å². The summed E-state index contributed by atoms with van der Waals surface area (Å²) in [6, 6.07) is 7.46. The van der Waals surface area contributed by atoms with Crippen LogP contribution in [0.25, 0.3) is 0 Å². The summed E-state index contributed by atoms with van der Waals surface area (Å²) in [5.41, 5.74) is -0.0360. The van der Waals surface area contributed by atoms with Gasteiger partial charge in [-0.2, -0.15) is 0 Å². The Bertz CT molecular complexity index is 664. The predicted molar refractivity (Wildman–Crippen MR) is 105 cm³/mol. The maximum absolute atomic E-state index is 13.0. The van der Waals surface area contributed by atoms with Crippen LogP contribution in [0.4, 0.5) is 4.79 Å². The van der Waals surface area contributed by atoms with Crippen LogP contribution in [0.3, 0.4) is 0 Å². The maximum atomic E-state index is 13.0. The summed E-state index contributed by atoms with van der Waals surface area (Å²) < 4.78 is 10.9. The molecule has 1 saturated carbocycles. The Hall–Kier alpha value is -2.28. The summed E-state index contributed by atoms with van der Waals surface area (Å²) >= 11 is 0. The lowest BCUT2D eigenvalue weighted by atomic mass is 9.98. The van der Waals surface area contributed by atoms with Crippen molar-refractivity contribution >= 4 is 12.0 Å². The van der Waals surface area contributed by atoms with Gasteiger partial charge in [0.2, 0.25) is 0 Å². The molecule has 28 heavy (non-hydrogen) atoms. The van der Waals surface area contributed by atoms with E-state index in [4.69, 9.17) is 9.47 Å². The number of carbonyl (C=O) groups excluding carboxylic acids is 1. The fourth-order valence-electron chi connectivity index (χ4n) is 4.02. The molecule has 2 amide bonds. The minimum absolute atomic E-state index is 0.0194. The van der Waals surface area contributed by atoms with Gasteiger partial charge < -0.3 is 24.8 Å². The third kappa shape index (κ3) is 4.95. The van der Waals surface area contributed by atoms with Crippen LogP contribution in [0.2, 0.25) is 0 Å². The van der Waals surface area contributed by atoms with Crippen LogP contribution < -0.4 is 10.1 Å². The highest BCUT2D eigenvalue weighted by Crippen LogP contribution is 2.30. The summed E-state index contributed by atoms with van der Waals surface area (Å²) in [7, 11) is 1.63. The average Bonchev–Trinajstić information content (AvgIpc) is 3.38. The molecule has 0 spiro atoms. The third-order valence-corrected chi connectivity index (χ3v) is 5.78. The molecule has 7 heteroatoms. The highest BCUT2D eigenvalue weighted by Gasteiger charge is 2.43. The molecule has 1 heterocycles. The maximum Gasteiger partial charge on any atom is 0.329 e. The van der Waals surface area contributed by atoms with Gasteiger partial charge in [-0.25, -0.2) is 9.59 Å². The van der Waals surface area contributed by atoms with E-state index in [1.807, 2.05) is 24.3 Å². The smallest absolute Gasteiger partial charge is 0.329 e. The molecule has 0 bridgehead atoms. The van der Waals surface area contributed by atoms with E-state index in [2.05, 4.69) is 5.32 Å². The second-order valence-corrected chi connectivity index (χ2v) is 7.70. The topological polar surface area (TPSA) is 88.1 Å². The van der Waals surface area contributed by atoms with Crippen molar-refractivity contribution in [3.8, 4) is 5.75 Å². The first-order valence-corrected chi connectivity index (χ1v) is 10.1. The van der Waals surface area contributed by atoms with Gasteiger partial charge >= 0.3 is 12.0 Å². The number of urea groups is 1. The first-order valence-electron chi connectivity index (χ1n) is 10.1. The molecule has 0 unspecified atom stereocenters. The number of hydrogen-bond acceptors (Lipinski definition) is 4. The number of carboxylic acid groups (broad SMARTS) is 1. The minimum Gasteiger partial charge on any atom is -0.497 e. The molecule has 1 aliphatic heterocycles. The molecule has 1 aromatic carbocycles. The monoisotopic (exact) mass is 390 g/mol. The van der Waals surface area contributed by atoms with Crippen molar-refractivity contribution in [2.24, 2.45) is 0 Å². The second kappa shape index (κ2) is 9.28. The van der Waals surface area contributed by atoms with E-state index in [9.17, 15) is 14.7 Å². The lowest BCUT2D eigenvalue weighted by molar-refractivity contribution is -0.144. The molecular weight excluding hydrogens is 360 g/mol. The van der Waals surface area contributed by atoms with Crippen molar-refractivity contribution in [1.82, 2.24) is 10.2 Å². The van der Waals surface area contributed by atoms with E-state index in [1.165, 1.54) is 0 Å². The number of nitrogens with zero attached hydrogens (tertiary/aromatic N) is 1. The van der Waals surface area contributed by atoms with Crippen molar-refractivity contribution in [1.29, 1.82) is 0 Å². The zero-order valence-corrected chi connectivity index (χ0v) is 16.5. The quantitative estimate of drug-likeness (QED) is 0.713. The van der Waals surface area contributed by atoms with Crippen molar-refractivity contribution < 1.29 is 24.2 Å². The number of aliphatic carboxylic acids is 1. The molecule has 2 N–H and O–H groups in total. The lowest BCUT2D eigenvalue weighted by Gasteiger charge is -2.31. The van der Waals surface area contributed by atoms with E-state index in [0.29, 0.717) is 32.4 Å². The molecule has 154 valence electrons. The molecule has 2 fully saturated rings. The average molecular weight is 390 g/mol. The zero-order chi connectivity index (χ0) is 20.0. The second-order valence-electron chi connectivity index (χ2n) is 7.70. The SMILES string of the molecule is COc1ccc(CCN(C[C@H]2CCCO2)C(=O)NC2(C(=O)O)CCCC2)cc1. The van der Waals surface area contributed by atoms with Crippen LogP contribution in [0.5, 0.6) is 5.75 Å². The molecule has 1 atom stereocenters. The van der Waals surface area contributed by atoms with Gasteiger partial charge in [-0.3, -0.25) is 0 Å². The molecule has 7 nitrogen and oxygen atoms in total. The number of methoxy groups -OCH3 is 1. The molecule has 1 aromatic rings. The van der Waals surface area contributed by atoms with Gasteiger partial charge in [-0.05, 0) is 49.8 Å². The first-order chi connectivity index (χ1) is 13.5. The number of benzene rings is 1. The first kappa shape index (κ1) is 20.5. The van der Waals surface area contributed by atoms with Gasteiger partial charge in [0.15, 0.2) is 0 Å². The molecular formula is C21H30N2O5. The number of ether oxygens (including phenoxy) is 2. The molecule has 2 aliphatic rings. The van der Waals surface area contributed by atoms with Crippen LogP contribution in [0, 0.1) is 0 Å². The normalized spacial score (nSPS) is 20.7. The summed E-state index contributed by atoms with van der Waals surface area (Å²) in [6.45, 7) is 1.71. The Balaban J connectivity index is 1.66. The minimum atomic E-state index is -1.13. The van der Waals surface area contributed by atoms with E-state index in [0.717, 1.165) is 43.6 Å². The number of hydrogen-bond donors (Lipinski definition) is 2. The fraction of sp³-hybridized carbons (Fsp3) is 0.619. The largest absolute Gasteiger partial charge is 0.497 e. The molecule has 1 aliphatic carbocycles. The lowest BCUT2D eigenvalue weighted by Crippen LogP contribution is -2.57. The van der Waals surface area contributed by atoms with E-state index in [-0.39, 0.29) is 12.1 Å². The number of nitrogens with one attached hydrogen (secondary N) is 1. The molecule has 3 rings (SSSR count). The highest BCUT2D eigenvalue weighted by atomic mass is 16.5.